The molecule has 1 unspecified atom stereocenters. The molecule has 0 fully saturated rings. The van der Waals surface area contributed by atoms with Crippen LogP contribution in [-0.4, -0.2) is 34.3 Å². The number of benzene rings is 2. The molecule has 0 aliphatic rings. The highest BCUT2D eigenvalue weighted by Crippen LogP contribution is 2.19. The van der Waals surface area contributed by atoms with E-state index in [0.29, 0.717) is 19.3 Å². The lowest BCUT2D eigenvalue weighted by atomic mass is 10.0. The summed E-state index contributed by atoms with van der Waals surface area (Å²) in [6.45, 7) is 2.01. The molecule has 0 aliphatic carbocycles. The highest BCUT2D eigenvalue weighted by Gasteiger charge is 2.25. The van der Waals surface area contributed by atoms with Gasteiger partial charge in [-0.2, -0.15) is 5.26 Å². The van der Waals surface area contributed by atoms with Crippen LogP contribution in [0.5, 0.6) is 0 Å². The summed E-state index contributed by atoms with van der Waals surface area (Å²) in [5.41, 5.74) is 3.20. The van der Waals surface area contributed by atoms with E-state index in [2.05, 4.69) is 16.4 Å². The Bertz CT molecular complexity index is 1040. The number of para-hydroxylation sites is 1. The second kappa shape index (κ2) is 10.3. The Balaban J connectivity index is 1.60. The van der Waals surface area contributed by atoms with E-state index in [1.807, 2.05) is 60.9 Å². The van der Waals surface area contributed by atoms with Gasteiger partial charge < -0.3 is 10.3 Å². The summed E-state index contributed by atoms with van der Waals surface area (Å²) >= 11 is 0. The van der Waals surface area contributed by atoms with Crippen molar-refractivity contribution in [2.24, 2.45) is 0 Å². The largest absolute Gasteiger partial charge is 0.361 e. The first-order chi connectivity index (χ1) is 14.6. The number of carbonyl (C=O) groups excluding carboxylic acids is 2. The van der Waals surface area contributed by atoms with E-state index < -0.39 is 6.04 Å². The third kappa shape index (κ3) is 5.26. The minimum atomic E-state index is -0.757. The fourth-order valence-electron chi connectivity index (χ4n) is 3.56. The maximum atomic E-state index is 12.7. The van der Waals surface area contributed by atoms with Gasteiger partial charge in [0.05, 0.1) is 0 Å². The Kier molecular flexibility index (Phi) is 7.23. The van der Waals surface area contributed by atoms with Crippen LogP contribution in [-0.2, 0) is 22.4 Å². The fraction of sp³-hybridized carbons (Fsp3) is 0.292. The Morgan fingerprint density at radius 2 is 1.87 bits per heavy atom. The molecular weight excluding hydrogens is 376 g/mol. The lowest BCUT2D eigenvalue weighted by Crippen LogP contribution is -2.48. The van der Waals surface area contributed by atoms with Gasteiger partial charge in [-0.25, -0.2) is 4.90 Å². The smallest absolute Gasteiger partial charge is 0.258 e. The van der Waals surface area contributed by atoms with E-state index in [9.17, 15) is 14.9 Å². The van der Waals surface area contributed by atoms with Crippen LogP contribution in [0, 0.1) is 11.5 Å². The molecule has 0 radical (unpaired) electrons. The molecule has 3 aromatic rings. The molecule has 0 aliphatic heterocycles. The van der Waals surface area contributed by atoms with Crippen LogP contribution >= 0.6 is 0 Å². The van der Waals surface area contributed by atoms with Crippen molar-refractivity contribution in [3.63, 3.8) is 0 Å². The van der Waals surface area contributed by atoms with Crippen LogP contribution in [0.2, 0.25) is 0 Å². The Morgan fingerprint density at radius 3 is 2.60 bits per heavy atom. The fourth-order valence-corrected chi connectivity index (χ4v) is 3.56. The molecule has 154 valence electrons. The summed E-state index contributed by atoms with van der Waals surface area (Å²) < 4.78 is 0. The zero-order chi connectivity index (χ0) is 21.3. The molecule has 1 heterocycles. The maximum Gasteiger partial charge on any atom is 0.258 e. The van der Waals surface area contributed by atoms with E-state index in [4.69, 9.17) is 0 Å². The van der Waals surface area contributed by atoms with Crippen LogP contribution in [0.15, 0.2) is 60.8 Å². The van der Waals surface area contributed by atoms with Gasteiger partial charge in [-0.1, -0.05) is 48.5 Å². The van der Waals surface area contributed by atoms with Crippen LogP contribution in [0.1, 0.15) is 30.9 Å². The summed E-state index contributed by atoms with van der Waals surface area (Å²) in [4.78, 5) is 29.6. The van der Waals surface area contributed by atoms with Crippen molar-refractivity contribution in [3.8, 4) is 6.19 Å². The number of H-pyrrole nitrogens is 1. The van der Waals surface area contributed by atoms with Gasteiger partial charge in [-0.3, -0.25) is 9.59 Å². The summed E-state index contributed by atoms with van der Waals surface area (Å²) in [6.07, 6.45) is 6.00. The number of hydrogen-bond donors (Lipinski definition) is 2. The third-order valence-corrected chi connectivity index (χ3v) is 5.14. The summed E-state index contributed by atoms with van der Waals surface area (Å²) in [5.74, 6) is -0.563. The highest BCUT2D eigenvalue weighted by molar-refractivity contribution is 5.89. The van der Waals surface area contributed by atoms with Crippen LogP contribution in [0.25, 0.3) is 10.9 Å². The van der Waals surface area contributed by atoms with Crippen LogP contribution in [0.3, 0.4) is 0 Å². The Hall–Kier alpha value is -3.59. The van der Waals surface area contributed by atoms with Crippen molar-refractivity contribution in [2.45, 2.75) is 38.6 Å². The van der Waals surface area contributed by atoms with Gasteiger partial charge in [-0.15, -0.1) is 0 Å². The molecule has 30 heavy (non-hydrogen) atoms. The SMILES string of the molecule is CCN(C#N)C(=O)C(Cc1ccccc1)NC(=O)CCCc1c[nH]c2ccccc12. The molecule has 0 spiro atoms. The first-order valence-corrected chi connectivity index (χ1v) is 10.2. The number of rotatable bonds is 9. The molecule has 2 aromatic carbocycles. The van der Waals surface area contributed by atoms with E-state index in [-0.39, 0.29) is 18.4 Å². The first-order valence-electron chi connectivity index (χ1n) is 10.2. The maximum absolute atomic E-state index is 12.7. The van der Waals surface area contributed by atoms with Crippen molar-refractivity contribution in [3.05, 3.63) is 71.9 Å². The number of likely N-dealkylation sites (N-methyl/N-ethyl adjacent to an activating group) is 1. The zero-order valence-electron chi connectivity index (χ0n) is 17.1. The quantitative estimate of drug-likeness (QED) is 0.424. The van der Waals surface area contributed by atoms with E-state index in [1.165, 1.54) is 10.9 Å². The first kappa shape index (κ1) is 21.1. The van der Waals surface area contributed by atoms with Crippen molar-refractivity contribution in [2.75, 3.05) is 6.54 Å². The molecule has 2 N–H and O–H groups in total. The number of carbonyl (C=O) groups is 2. The Morgan fingerprint density at radius 1 is 1.13 bits per heavy atom. The predicted molar refractivity (Wildman–Crippen MR) is 116 cm³/mol. The van der Waals surface area contributed by atoms with Crippen LogP contribution in [0.4, 0.5) is 0 Å². The van der Waals surface area contributed by atoms with Crippen molar-refractivity contribution in [1.29, 1.82) is 5.26 Å². The molecule has 6 heteroatoms. The predicted octanol–water partition coefficient (Wildman–Crippen LogP) is 3.55. The molecule has 0 saturated heterocycles. The van der Waals surface area contributed by atoms with Gasteiger partial charge >= 0.3 is 0 Å². The third-order valence-electron chi connectivity index (χ3n) is 5.14. The number of fused-ring (bicyclic) bond motifs is 1. The lowest BCUT2D eigenvalue weighted by molar-refractivity contribution is -0.133. The number of amides is 2. The number of aryl methyl sites for hydroxylation is 1. The second-order valence-electron chi connectivity index (χ2n) is 7.21. The molecule has 2 amide bonds. The molecule has 0 saturated carbocycles. The molecular formula is C24H26N4O2. The van der Waals surface area contributed by atoms with Gasteiger partial charge in [0.2, 0.25) is 5.91 Å². The van der Waals surface area contributed by atoms with Gasteiger partial charge in [-0.05, 0) is 37.0 Å². The minimum Gasteiger partial charge on any atom is -0.361 e. The number of hydrogen-bond acceptors (Lipinski definition) is 3. The van der Waals surface area contributed by atoms with Crippen molar-refractivity contribution < 1.29 is 9.59 Å². The highest BCUT2D eigenvalue weighted by atomic mass is 16.2. The van der Waals surface area contributed by atoms with Gasteiger partial charge in [0.1, 0.15) is 6.04 Å². The molecule has 0 bridgehead atoms. The summed E-state index contributed by atoms with van der Waals surface area (Å²) in [5, 5.41) is 13.2. The number of nitrogens with zero attached hydrogens (tertiary/aromatic N) is 2. The molecule has 1 atom stereocenters. The minimum absolute atomic E-state index is 0.182. The Labute approximate surface area is 176 Å². The number of aromatic amines is 1. The lowest BCUT2D eigenvalue weighted by Gasteiger charge is -2.22. The average molecular weight is 402 g/mol. The number of nitrogens with one attached hydrogen (secondary N) is 2. The topological polar surface area (TPSA) is 89.0 Å². The summed E-state index contributed by atoms with van der Waals surface area (Å²) in [6, 6.07) is 16.8. The van der Waals surface area contributed by atoms with Gasteiger partial charge in [0, 0.05) is 36.5 Å². The second-order valence-corrected chi connectivity index (χ2v) is 7.21. The summed E-state index contributed by atoms with van der Waals surface area (Å²) in [7, 11) is 0. The normalized spacial score (nSPS) is 11.6. The van der Waals surface area contributed by atoms with Gasteiger partial charge in [0.15, 0.2) is 6.19 Å². The van der Waals surface area contributed by atoms with E-state index >= 15 is 0 Å². The van der Waals surface area contributed by atoms with Gasteiger partial charge in [0.25, 0.3) is 5.91 Å². The van der Waals surface area contributed by atoms with E-state index in [0.717, 1.165) is 22.4 Å². The van der Waals surface area contributed by atoms with E-state index in [1.54, 1.807) is 6.92 Å². The average Bonchev–Trinajstić information content (AvgIpc) is 3.18. The molecule has 6 nitrogen and oxygen atoms in total. The molecule has 3 rings (SSSR count). The molecule has 1 aromatic heterocycles. The zero-order valence-corrected chi connectivity index (χ0v) is 17.1. The van der Waals surface area contributed by atoms with Crippen LogP contribution < -0.4 is 5.32 Å². The number of aromatic nitrogens is 1. The number of nitriles is 1. The standard InChI is InChI=1S/C24H26N4O2/c1-2-28(17-25)24(30)22(15-18-9-4-3-5-10-18)27-23(29)14-8-11-19-16-26-21-13-7-6-12-20(19)21/h3-7,9-10,12-13,16,22,26H,2,8,11,14-15H2,1H3,(H,27,29). The monoisotopic (exact) mass is 402 g/mol. The van der Waals surface area contributed by atoms with Crippen molar-refractivity contribution in [1.82, 2.24) is 15.2 Å². The van der Waals surface area contributed by atoms with Crippen molar-refractivity contribution >= 4 is 22.7 Å².